The molecular formula is C22H25N5O5. The number of nitrogens with one attached hydrogen (secondary N) is 1. The fourth-order valence-corrected chi connectivity index (χ4v) is 3.84. The molecule has 0 unspecified atom stereocenters. The maximum absolute atomic E-state index is 12.7. The molecule has 10 nitrogen and oxygen atoms in total. The number of aromatic nitrogens is 2. The molecule has 1 aromatic carbocycles. The molecule has 2 aromatic rings. The number of imide groups is 1. The van der Waals surface area contributed by atoms with E-state index in [-0.39, 0.29) is 17.7 Å². The first-order chi connectivity index (χ1) is 15.0. The summed E-state index contributed by atoms with van der Waals surface area (Å²) in [5, 5.41) is 7.20. The van der Waals surface area contributed by atoms with Gasteiger partial charge < -0.3 is 15.0 Å². The standard InChI is InChI=1S/C22H25N5O5/c1-22(2,3)32-21(31)26-10-9-16-15(11-26)18(25(4)24-16)23-17(28)12-27-19(29)13-7-5-6-8-14(13)20(27)30/h5-8H,9-12H2,1-4H3,(H,23,28). The van der Waals surface area contributed by atoms with Gasteiger partial charge in [0.25, 0.3) is 11.8 Å². The summed E-state index contributed by atoms with van der Waals surface area (Å²) in [6.07, 6.45) is 0.0896. The minimum absolute atomic E-state index is 0.237. The van der Waals surface area contributed by atoms with Gasteiger partial charge in [0.05, 0.1) is 23.4 Å². The van der Waals surface area contributed by atoms with Crippen LogP contribution in [0.3, 0.4) is 0 Å². The molecule has 2 aliphatic rings. The molecule has 0 fully saturated rings. The van der Waals surface area contributed by atoms with Gasteiger partial charge in [-0.1, -0.05) is 12.1 Å². The van der Waals surface area contributed by atoms with Crippen LogP contribution in [0.2, 0.25) is 0 Å². The summed E-state index contributed by atoms with van der Waals surface area (Å²) in [5.41, 5.74) is 1.45. The van der Waals surface area contributed by atoms with Crippen LogP contribution < -0.4 is 5.32 Å². The van der Waals surface area contributed by atoms with Crippen molar-refractivity contribution in [3.05, 3.63) is 46.6 Å². The number of carbonyl (C=O) groups is 4. The Morgan fingerprint density at radius 2 is 1.75 bits per heavy atom. The van der Waals surface area contributed by atoms with Crippen molar-refractivity contribution in [2.75, 3.05) is 18.4 Å². The zero-order chi connectivity index (χ0) is 23.2. The highest BCUT2D eigenvalue weighted by Gasteiger charge is 2.37. The van der Waals surface area contributed by atoms with E-state index in [0.717, 1.165) is 10.6 Å². The number of carbonyl (C=O) groups excluding carboxylic acids is 4. The molecule has 1 aromatic heterocycles. The predicted octanol–water partition coefficient (Wildman–Crippen LogP) is 1.95. The van der Waals surface area contributed by atoms with Crippen LogP contribution in [0.15, 0.2) is 24.3 Å². The van der Waals surface area contributed by atoms with E-state index >= 15 is 0 Å². The number of rotatable bonds is 3. The molecule has 4 amide bonds. The van der Waals surface area contributed by atoms with E-state index in [4.69, 9.17) is 4.74 Å². The third kappa shape index (κ3) is 3.95. The van der Waals surface area contributed by atoms with Gasteiger partial charge in [0.15, 0.2) is 0 Å². The summed E-state index contributed by atoms with van der Waals surface area (Å²) in [7, 11) is 1.69. The third-order valence-corrected chi connectivity index (χ3v) is 5.29. The van der Waals surface area contributed by atoms with E-state index in [1.54, 1.807) is 57.0 Å². The second-order valence-corrected chi connectivity index (χ2v) is 8.84. The molecule has 3 heterocycles. The number of ether oxygens (including phenoxy) is 1. The number of hydrogen-bond donors (Lipinski definition) is 1. The Balaban J connectivity index is 1.48. The molecule has 10 heteroatoms. The molecule has 4 rings (SSSR count). The maximum Gasteiger partial charge on any atom is 0.410 e. The molecule has 1 N–H and O–H groups in total. The summed E-state index contributed by atoms with van der Waals surface area (Å²) >= 11 is 0. The average Bonchev–Trinajstić information content (AvgIpc) is 3.15. The second-order valence-electron chi connectivity index (χ2n) is 8.84. The second kappa shape index (κ2) is 7.77. The first-order valence-electron chi connectivity index (χ1n) is 10.3. The Bertz CT molecular complexity index is 1100. The number of hydrogen-bond acceptors (Lipinski definition) is 6. The largest absolute Gasteiger partial charge is 0.444 e. The first-order valence-corrected chi connectivity index (χ1v) is 10.3. The smallest absolute Gasteiger partial charge is 0.410 e. The molecule has 168 valence electrons. The summed E-state index contributed by atoms with van der Waals surface area (Å²) in [6.45, 7) is 5.68. The van der Waals surface area contributed by atoms with Gasteiger partial charge in [-0.2, -0.15) is 5.10 Å². The van der Waals surface area contributed by atoms with Crippen LogP contribution in [0.4, 0.5) is 10.6 Å². The maximum atomic E-state index is 12.7. The predicted molar refractivity (Wildman–Crippen MR) is 114 cm³/mol. The van der Waals surface area contributed by atoms with Gasteiger partial charge in [-0.15, -0.1) is 0 Å². The van der Waals surface area contributed by atoms with Gasteiger partial charge in [-0.25, -0.2) is 4.79 Å². The van der Waals surface area contributed by atoms with Crippen molar-refractivity contribution in [1.29, 1.82) is 0 Å². The molecule has 2 aliphatic heterocycles. The highest BCUT2D eigenvalue weighted by molar-refractivity contribution is 6.22. The van der Waals surface area contributed by atoms with Gasteiger partial charge in [-0.05, 0) is 32.9 Å². The fourth-order valence-electron chi connectivity index (χ4n) is 3.84. The monoisotopic (exact) mass is 439 g/mol. The zero-order valence-corrected chi connectivity index (χ0v) is 18.5. The van der Waals surface area contributed by atoms with Gasteiger partial charge in [0.1, 0.15) is 18.0 Å². The van der Waals surface area contributed by atoms with E-state index in [9.17, 15) is 19.2 Å². The van der Waals surface area contributed by atoms with E-state index in [2.05, 4.69) is 10.4 Å². The highest BCUT2D eigenvalue weighted by atomic mass is 16.6. The van der Waals surface area contributed by atoms with Crippen LogP contribution in [0.1, 0.15) is 52.7 Å². The third-order valence-electron chi connectivity index (χ3n) is 5.29. The molecule has 0 aliphatic carbocycles. The first kappa shape index (κ1) is 21.5. The Labute approximate surface area is 185 Å². The summed E-state index contributed by atoms with van der Waals surface area (Å²) < 4.78 is 6.99. The summed E-state index contributed by atoms with van der Waals surface area (Å²) in [6, 6.07) is 6.48. The van der Waals surface area contributed by atoms with Crippen molar-refractivity contribution in [3.63, 3.8) is 0 Å². The molecule has 0 bridgehead atoms. The topological polar surface area (TPSA) is 114 Å². The van der Waals surface area contributed by atoms with Crippen LogP contribution in [-0.4, -0.2) is 62.1 Å². The fraction of sp³-hybridized carbons (Fsp3) is 0.409. The molecule has 0 saturated heterocycles. The number of amides is 4. The summed E-state index contributed by atoms with van der Waals surface area (Å²) in [5.74, 6) is -1.10. The van der Waals surface area contributed by atoms with Crippen LogP contribution in [0.5, 0.6) is 0 Å². The Morgan fingerprint density at radius 1 is 1.12 bits per heavy atom. The van der Waals surface area contributed by atoms with E-state index < -0.39 is 36.0 Å². The lowest BCUT2D eigenvalue weighted by atomic mass is 10.1. The number of benzene rings is 1. The molecule has 0 saturated carbocycles. The lowest BCUT2D eigenvalue weighted by Gasteiger charge is -2.30. The number of aryl methyl sites for hydroxylation is 1. The van der Waals surface area contributed by atoms with Gasteiger partial charge in [-0.3, -0.25) is 24.0 Å². The Morgan fingerprint density at radius 3 is 2.34 bits per heavy atom. The Kier molecular flexibility index (Phi) is 5.23. The van der Waals surface area contributed by atoms with Crippen molar-refractivity contribution in [3.8, 4) is 0 Å². The van der Waals surface area contributed by atoms with Crippen molar-refractivity contribution < 1.29 is 23.9 Å². The van der Waals surface area contributed by atoms with E-state index in [1.807, 2.05) is 0 Å². The van der Waals surface area contributed by atoms with Gasteiger partial charge in [0.2, 0.25) is 5.91 Å². The zero-order valence-electron chi connectivity index (χ0n) is 18.5. The van der Waals surface area contributed by atoms with Crippen molar-refractivity contribution >= 4 is 29.6 Å². The van der Waals surface area contributed by atoms with Gasteiger partial charge >= 0.3 is 6.09 Å². The number of anilines is 1. The van der Waals surface area contributed by atoms with Gasteiger partial charge in [0, 0.05) is 25.6 Å². The summed E-state index contributed by atoms with van der Waals surface area (Å²) in [4.78, 5) is 52.8. The normalized spacial score (nSPS) is 15.5. The lowest BCUT2D eigenvalue weighted by molar-refractivity contribution is -0.116. The SMILES string of the molecule is Cn1nc2c(c1NC(=O)CN1C(=O)c3ccccc3C1=O)CN(C(=O)OC(C)(C)C)CC2. The van der Waals surface area contributed by atoms with Crippen molar-refractivity contribution in [2.45, 2.75) is 39.3 Å². The number of nitrogens with zero attached hydrogens (tertiary/aromatic N) is 4. The van der Waals surface area contributed by atoms with Crippen LogP contribution in [0, 0.1) is 0 Å². The van der Waals surface area contributed by atoms with Crippen LogP contribution in [-0.2, 0) is 29.5 Å². The minimum atomic E-state index is -0.615. The van der Waals surface area contributed by atoms with Crippen molar-refractivity contribution in [2.24, 2.45) is 7.05 Å². The molecular weight excluding hydrogens is 414 g/mol. The average molecular weight is 439 g/mol. The highest BCUT2D eigenvalue weighted by Crippen LogP contribution is 2.27. The minimum Gasteiger partial charge on any atom is -0.444 e. The lowest BCUT2D eigenvalue weighted by Crippen LogP contribution is -2.40. The molecule has 0 spiro atoms. The van der Waals surface area contributed by atoms with Crippen LogP contribution in [0.25, 0.3) is 0 Å². The molecule has 32 heavy (non-hydrogen) atoms. The molecule has 0 atom stereocenters. The quantitative estimate of drug-likeness (QED) is 0.732. The number of fused-ring (bicyclic) bond motifs is 2. The van der Waals surface area contributed by atoms with Crippen LogP contribution >= 0.6 is 0 Å². The van der Waals surface area contributed by atoms with E-state index in [1.165, 1.54) is 4.68 Å². The Hall–Kier alpha value is -3.69. The van der Waals surface area contributed by atoms with E-state index in [0.29, 0.717) is 24.3 Å². The van der Waals surface area contributed by atoms with Crippen molar-refractivity contribution in [1.82, 2.24) is 19.6 Å². The molecule has 0 radical (unpaired) electrons.